The molecule has 0 fully saturated rings. The van der Waals surface area contributed by atoms with Crippen LogP contribution >= 0.6 is 0 Å². The van der Waals surface area contributed by atoms with Crippen molar-refractivity contribution in [3.8, 4) is 0 Å². The highest BCUT2D eigenvalue weighted by Gasteiger charge is 2.20. The number of para-hydroxylation sites is 1. The second kappa shape index (κ2) is 3.94. The van der Waals surface area contributed by atoms with Crippen LogP contribution in [0, 0.1) is 0 Å². The van der Waals surface area contributed by atoms with E-state index < -0.39 is 0 Å². The number of hydrogen-bond acceptors (Lipinski definition) is 3. The van der Waals surface area contributed by atoms with Crippen LogP contribution < -0.4 is 11.1 Å². The fourth-order valence-electron chi connectivity index (χ4n) is 2.12. The number of benzene rings is 2. The maximum Gasteiger partial charge on any atom is 0.194 e. The minimum absolute atomic E-state index is 0.00588. The number of guanidine groups is 1. The normalized spacial score (nSPS) is 17.9. The van der Waals surface area contributed by atoms with Gasteiger partial charge in [-0.25, -0.2) is 4.99 Å². The molecule has 0 unspecified atom stereocenters. The maximum atomic E-state index is 5.82. The lowest BCUT2D eigenvalue weighted by Gasteiger charge is -2.23. The average Bonchev–Trinajstić information content (AvgIpc) is 2.39. The van der Waals surface area contributed by atoms with Crippen molar-refractivity contribution in [1.29, 1.82) is 0 Å². The Bertz CT molecular complexity index is 561. The summed E-state index contributed by atoms with van der Waals surface area (Å²) in [6.45, 7) is 0. The summed E-state index contributed by atoms with van der Waals surface area (Å²) in [4.78, 5) is 4.48. The number of hydrogen-bond donors (Lipinski definition) is 2. The van der Waals surface area contributed by atoms with Gasteiger partial charge in [0.15, 0.2) is 5.96 Å². The van der Waals surface area contributed by atoms with Crippen molar-refractivity contribution in [3.05, 3.63) is 65.7 Å². The second-order valence-corrected chi connectivity index (χ2v) is 4.04. The molecule has 0 radical (unpaired) electrons. The van der Waals surface area contributed by atoms with Crippen LogP contribution in [-0.4, -0.2) is 5.96 Å². The van der Waals surface area contributed by atoms with Crippen LogP contribution in [0.4, 0.5) is 5.69 Å². The first-order chi connectivity index (χ1) is 8.34. The van der Waals surface area contributed by atoms with Gasteiger partial charge in [0.05, 0.1) is 0 Å². The van der Waals surface area contributed by atoms with Gasteiger partial charge in [0, 0.05) is 11.3 Å². The zero-order chi connectivity index (χ0) is 11.7. The highest BCUT2D eigenvalue weighted by molar-refractivity contribution is 5.95. The summed E-state index contributed by atoms with van der Waals surface area (Å²) in [7, 11) is 0. The zero-order valence-corrected chi connectivity index (χ0v) is 9.30. The van der Waals surface area contributed by atoms with Gasteiger partial charge in [0.2, 0.25) is 0 Å². The van der Waals surface area contributed by atoms with Crippen molar-refractivity contribution in [2.75, 3.05) is 5.32 Å². The van der Waals surface area contributed by atoms with E-state index in [9.17, 15) is 0 Å². The van der Waals surface area contributed by atoms with Gasteiger partial charge in [0.25, 0.3) is 0 Å². The van der Waals surface area contributed by atoms with Crippen LogP contribution in [0.15, 0.2) is 59.6 Å². The average molecular weight is 223 g/mol. The Labute approximate surface area is 100.0 Å². The second-order valence-electron chi connectivity index (χ2n) is 4.04. The van der Waals surface area contributed by atoms with E-state index >= 15 is 0 Å². The van der Waals surface area contributed by atoms with Crippen molar-refractivity contribution in [1.82, 2.24) is 0 Å². The Balaban J connectivity index is 2.12. The van der Waals surface area contributed by atoms with Crippen LogP contribution in [0.5, 0.6) is 0 Å². The molecule has 17 heavy (non-hydrogen) atoms. The molecule has 84 valence electrons. The molecule has 2 aromatic rings. The molecule has 0 aliphatic carbocycles. The molecule has 3 N–H and O–H groups in total. The van der Waals surface area contributed by atoms with E-state index in [1.807, 2.05) is 36.4 Å². The van der Waals surface area contributed by atoms with Crippen LogP contribution in [-0.2, 0) is 0 Å². The largest absolute Gasteiger partial charge is 0.370 e. The Kier molecular flexibility index (Phi) is 2.29. The van der Waals surface area contributed by atoms with Crippen LogP contribution in [0.1, 0.15) is 17.2 Å². The summed E-state index contributed by atoms with van der Waals surface area (Å²) < 4.78 is 0. The third-order valence-corrected chi connectivity index (χ3v) is 2.90. The third-order valence-electron chi connectivity index (χ3n) is 2.90. The first-order valence-electron chi connectivity index (χ1n) is 5.59. The molecule has 2 aromatic carbocycles. The molecular formula is C14H13N3. The lowest BCUT2D eigenvalue weighted by Crippen LogP contribution is -2.28. The molecule has 1 heterocycles. The Morgan fingerprint density at radius 2 is 1.65 bits per heavy atom. The first-order valence-corrected chi connectivity index (χ1v) is 5.59. The van der Waals surface area contributed by atoms with E-state index in [2.05, 4.69) is 28.5 Å². The van der Waals surface area contributed by atoms with Gasteiger partial charge < -0.3 is 11.1 Å². The van der Waals surface area contributed by atoms with Crippen LogP contribution in [0.25, 0.3) is 0 Å². The smallest absolute Gasteiger partial charge is 0.194 e. The van der Waals surface area contributed by atoms with Crippen LogP contribution in [0.2, 0.25) is 0 Å². The predicted molar refractivity (Wildman–Crippen MR) is 70.0 cm³/mol. The molecule has 0 spiro atoms. The third kappa shape index (κ3) is 1.76. The van der Waals surface area contributed by atoms with E-state index in [0.29, 0.717) is 5.96 Å². The summed E-state index contributed by atoms with van der Waals surface area (Å²) in [5, 5.41) is 3.09. The number of fused-ring (bicyclic) bond motifs is 1. The summed E-state index contributed by atoms with van der Waals surface area (Å²) in [6.07, 6.45) is 0. The molecule has 3 rings (SSSR count). The quantitative estimate of drug-likeness (QED) is 0.780. The monoisotopic (exact) mass is 223 g/mol. The lowest BCUT2D eigenvalue weighted by atomic mass is 9.97. The maximum absolute atomic E-state index is 5.82. The van der Waals surface area contributed by atoms with Crippen LogP contribution in [0.3, 0.4) is 0 Å². The van der Waals surface area contributed by atoms with E-state index in [1.54, 1.807) is 0 Å². The van der Waals surface area contributed by atoms with Crippen molar-refractivity contribution >= 4 is 11.6 Å². The van der Waals surface area contributed by atoms with E-state index in [4.69, 9.17) is 5.73 Å². The van der Waals surface area contributed by atoms with Crippen molar-refractivity contribution in [2.45, 2.75) is 6.04 Å². The topological polar surface area (TPSA) is 50.4 Å². The molecule has 3 nitrogen and oxygen atoms in total. The predicted octanol–water partition coefficient (Wildman–Crippen LogP) is 2.52. The Morgan fingerprint density at radius 1 is 0.941 bits per heavy atom. The van der Waals surface area contributed by atoms with Gasteiger partial charge in [-0.2, -0.15) is 0 Å². The lowest BCUT2D eigenvalue weighted by molar-refractivity contribution is 0.860. The molecule has 0 aromatic heterocycles. The van der Waals surface area contributed by atoms with Crippen molar-refractivity contribution in [3.63, 3.8) is 0 Å². The molecule has 3 heteroatoms. The minimum Gasteiger partial charge on any atom is -0.370 e. The molecule has 0 amide bonds. The highest BCUT2D eigenvalue weighted by atomic mass is 15.1. The van der Waals surface area contributed by atoms with Gasteiger partial charge in [-0.05, 0) is 11.6 Å². The number of nitrogens with two attached hydrogens (primary N) is 1. The summed E-state index contributed by atoms with van der Waals surface area (Å²) in [5.74, 6) is 0.470. The van der Waals surface area contributed by atoms with Gasteiger partial charge in [-0.3, -0.25) is 0 Å². The van der Waals surface area contributed by atoms with Gasteiger partial charge >= 0.3 is 0 Å². The fraction of sp³-hybridized carbons (Fsp3) is 0.0714. The molecule has 1 atom stereocenters. The van der Waals surface area contributed by atoms with Gasteiger partial charge in [-0.15, -0.1) is 0 Å². The molecular weight excluding hydrogens is 210 g/mol. The van der Waals surface area contributed by atoms with Gasteiger partial charge in [0.1, 0.15) is 6.04 Å². The molecule has 1 aliphatic heterocycles. The fourth-order valence-corrected chi connectivity index (χ4v) is 2.12. The summed E-state index contributed by atoms with van der Waals surface area (Å²) in [5.41, 5.74) is 9.17. The van der Waals surface area contributed by atoms with Crippen molar-refractivity contribution < 1.29 is 0 Å². The Hall–Kier alpha value is -2.29. The zero-order valence-electron chi connectivity index (χ0n) is 9.30. The number of aliphatic imine (C=N–C) groups is 1. The molecule has 0 bridgehead atoms. The molecule has 0 saturated heterocycles. The van der Waals surface area contributed by atoms with E-state index in [1.165, 1.54) is 0 Å². The first kappa shape index (κ1) is 9.90. The number of nitrogens with zero attached hydrogens (tertiary/aromatic N) is 1. The SMILES string of the molecule is NC1=N[C@@H](c2ccccc2)c2ccccc2N1. The molecule has 0 saturated carbocycles. The van der Waals surface area contributed by atoms with E-state index in [0.717, 1.165) is 16.8 Å². The minimum atomic E-state index is -0.00588. The van der Waals surface area contributed by atoms with E-state index in [-0.39, 0.29) is 6.04 Å². The summed E-state index contributed by atoms with van der Waals surface area (Å²) in [6, 6.07) is 18.3. The standard InChI is InChI=1S/C14H13N3/c15-14-16-12-9-5-4-8-11(12)13(17-14)10-6-2-1-3-7-10/h1-9,13H,(H3,15,16,17)/t13-/m0/s1. The van der Waals surface area contributed by atoms with Crippen molar-refractivity contribution in [2.24, 2.45) is 10.7 Å². The van der Waals surface area contributed by atoms with Gasteiger partial charge in [-0.1, -0.05) is 48.5 Å². The number of nitrogens with one attached hydrogen (secondary N) is 1. The summed E-state index contributed by atoms with van der Waals surface area (Å²) >= 11 is 0. The number of anilines is 1. The highest BCUT2D eigenvalue weighted by Crippen LogP contribution is 2.33. The molecule has 1 aliphatic rings. The number of rotatable bonds is 1. The Morgan fingerprint density at radius 3 is 2.47 bits per heavy atom.